The van der Waals surface area contributed by atoms with Crippen LogP contribution >= 0.6 is 0 Å². The summed E-state index contributed by atoms with van der Waals surface area (Å²) >= 11 is -1.15. The first-order chi connectivity index (χ1) is 10.5. The highest BCUT2D eigenvalue weighted by atomic mass is 32.2. The van der Waals surface area contributed by atoms with Crippen molar-refractivity contribution in [1.29, 1.82) is 0 Å². The maximum atomic E-state index is 12.3. The van der Waals surface area contributed by atoms with E-state index >= 15 is 0 Å². The number of nitrogens with zero attached hydrogens (tertiary/aromatic N) is 1. The third-order valence-electron chi connectivity index (χ3n) is 3.36. The minimum atomic E-state index is -1.15. The van der Waals surface area contributed by atoms with E-state index in [1.807, 2.05) is 39.0 Å². The molecule has 0 amide bonds. The zero-order chi connectivity index (χ0) is 16.0. The van der Waals surface area contributed by atoms with Crippen LogP contribution in [0.25, 0.3) is 0 Å². The van der Waals surface area contributed by atoms with Crippen LogP contribution in [0.1, 0.15) is 51.1 Å². The summed E-state index contributed by atoms with van der Waals surface area (Å²) in [5, 5.41) is 0. The molecule has 2 atom stereocenters. The molecule has 5 heteroatoms. The predicted molar refractivity (Wildman–Crippen MR) is 89.7 cm³/mol. The molecule has 0 bridgehead atoms. The minimum absolute atomic E-state index is 0.126. The SMILES string of the molecule is CC(C)(C)[S+]([O-])N[C@@H](CCCc1ccccc1)c1ncco1. The van der Waals surface area contributed by atoms with E-state index in [2.05, 4.69) is 21.8 Å². The second kappa shape index (κ2) is 7.81. The monoisotopic (exact) mass is 320 g/mol. The average molecular weight is 320 g/mol. The Bertz CT molecular complexity index is 538. The fourth-order valence-electron chi connectivity index (χ4n) is 2.10. The summed E-state index contributed by atoms with van der Waals surface area (Å²) in [5.41, 5.74) is 1.31. The Morgan fingerprint density at radius 3 is 2.59 bits per heavy atom. The highest BCUT2D eigenvalue weighted by Gasteiger charge is 2.31. The van der Waals surface area contributed by atoms with Gasteiger partial charge in [0.25, 0.3) is 0 Å². The van der Waals surface area contributed by atoms with Gasteiger partial charge in [-0.15, -0.1) is 4.72 Å². The number of rotatable bonds is 7. The number of aromatic nitrogens is 1. The molecule has 1 aromatic heterocycles. The highest BCUT2D eigenvalue weighted by molar-refractivity contribution is 7.90. The van der Waals surface area contributed by atoms with Crippen molar-refractivity contribution < 1.29 is 8.97 Å². The zero-order valence-corrected chi connectivity index (χ0v) is 14.2. The molecule has 1 aromatic carbocycles. The zero-order valence-electron chi connectivity index (χ0n) is 13.4. The van der Waals surface area contributed by atoms with Gasteiger partial charge in [-0.05, 0) is 45.6 Å². The van der Waals surface area contributed by atoms with E-state index in [0.29, 0.717) is 5.89 Å². The molecule has 0 radical (unpaired) electrons. The van der Waals surface area contributed by atoms with E-state index in [-0.39, 0.29) is 10.8 Å². The average Bonchev–Trinajstić information content (AvgIpc) is 3.00. The Hall–Kier alpha value is -1.30. The fourth-order valence-corrected chi connectivity index (χ4v) is 2.93. The van der Waals surface area contributed by atoms with Crippen LogP contribution in [0, 0.1) is 0 Å². The number of aryl methyl sites for hydroxylation is 1. The number of hydrogen-bond acceptors (Lipinski definition) is 4. The van der Waals surface area contributed by atoms with Gasteiger partial charge in [0.15, 0.2) is 0 Å². The highest BCUT2D eigenvalue weighted by Crippen LogP contribution is 2.23. The molecule has 0 saturated carbocycles. The Labute approximate surface area is 135 Å². The van der Waals surface area contributed by atoms with Gasteiger partial charge in [-0.25, -0.2) is 4.98 Å². The summed E-state index contributed by atoms with van der Waals surface area (Å²) in [6, 6.07) is 10.2. The molecule has 0 spiro atoms. The normalized spacial score (nSPS) is 14.7. The summed E-state index contributed by atoms with van der Waals surface area (Å²) in [6.45, 7) is 5.85. The van der Waals surface area contributed by atoms with Gasteiger partial charge < -0.3 is 8.97 Å². The van der Waals surface area contributed by atoms with Gasteiger partial charge in [0.2, 0.25) is 5.89 Å². The standard InChI is InChI=1S/C17H24N2O2S/c1-17(2,3)22(20)19-15(16-18-12-13-21-16)11-7-10-14-8-5-4-6-9-14/h4-6,8-9,12-13,15,19H,7,10-11H2,1-3H3/t15-,22?/m0/s1. The molecule has 2 rings (SSSR count). The van der Waals surface area contributed by atoms with Crippen molar-refractivity contribution in [3.8, 4) is 0 Å². The lowest BCUT2D eigenvalue weighted by Gasteiger charge is -2.26. The van der Waals surface area contributed by atoms with Gasteiger partial charge >= 0.3 is 0 Å². The lowest BCUT2D eigenvalue weighted by molar-refractivity contribution is 0.404. The second-order valence-electron chi connectivity index (χ2n) is 6.30. The molecule has 0 saturated heterocycles. The second-order valence-corrected chi connectivity index (χ2v) is 8.30. The number of hydrogen-bond donors (Lipinski definition) is 1. The van der Waals surface area contributed by atoms with Gasteiger partial charge in [0.05, 0.1) is 6.20 Å². The summed E-state index contributed by atoms with van der Waals surface area (Å²) < 4.78 is 20.6. The van der Waals surface area contributed by atoms with Crippen molar-refractivity contribution in [2.24, 2.45) is 0 Å². The van der Waals surface area contributed by atoms with Gasteiger partial charge in [0.1, 0.15) is 17.1 Å². The number of benzene rings is 1. The Kier molecular flexibility index (Phi) is 6.06. The molecule has 0 fully saturated rings. The van der Waals surface area contributed by atoms with Crippen LogP contribution < -0.4 is 4.72 Å². The van der Waals surface area contributed by atoms with E-state index in [1.165, 1.54) is 5.56 Å². The van der Waals surface area contributed by atoms with E-state index in [1.54, 1.807) is 12.5 Å². The molecular formula is C17H24N2O2S. The minimum Gasteiger partial charge on any atom is -0.598 e. The van der Waals surface area contributed by atoms with Crippen LogP contribution in [0.5, 0.6) is 0 Å². The van der Waals surface area contributed by atoms with E-state index < -0.39 is 11.4 Å². The molecule has 1 unspecified atom stereocenters. The predicted octanol–water partition coefficient (Wildman–Crippen LogP) is 3.79. The molecule has 1 N–H and O–H groups in total. The van der Waals surface area contributed by atoms with Gasteiger partial charge in [-0.2, -0.15) is 0 Å². The quantitative estimate of drug-likeness (QED) is 0.788. The van der Waals surface area contributed by atoms with Crippen molar-refractivity contribution in [2.75, 3.05) is 0 Å². The smallest absolute Gasteiger partial charge is 0.215 e. The first kappa shape index (κ1) is 17.1. The summed E-state index contributed by atoms with van der Waals surface area (Å²) in [4.78, 5) is 4.21. The summed E-state index contributed by atoms with van der Waals surface area (Å²) in [5.74, 6) is 0.602. The Morgan fingerprint density at radius 1 is 1.27 bits per heavy atom. The largest absolute Gasteiger partial charge is 0.598 e. The van der Waals surface area contributed by atoms with Gasteiger partial charge in [-0.1, -0.05) is 30.3 Å². The van der Waals surface area contributed by atoms with Crippen LogP contribution in [0.2, 0.25) is 0 Å². The molecular weight excluding hydrogens is 296 g/mol. The molecule has 0 aliphatic carbocycles. The van der Waals surface area contributed by atoms with Crippen molar-refractivity contribution >= 4 is 11.4 Å². The van der Waals surface area contributed by atoms with E-state index in [9.17, 15) is 4.55 Å². The van der Waals surface area contributed by atoms with Crippen LogP contribution in [0.3, 0.4) is 0 Å². The maximum Gasteiger partial charge on any atom is 0.215 e. The molecule has 1 heterocycles. The molecule has 0 aliphatic rings. The van der Waals surface area contributed by atoms with Gasteiger partial charge in [-0.3, -0.25) is 0 Å². The van der Waals surface area contributed by atoms with Crippen molar-refractivity contribution in [3.05, 3.63) is 54.2 Å². The lowest BCUT2D eigenvalue weighted by Crippen LogP contribution is -2.41. The Morgan fingerprint density at radius 2 is 2.00 bits per heavy atom. The lowest BCUT2D eigenvalue weighted by atomic mass is 10.1. The molecule has 4 nitrogen and oxygen atoms in total. The van der Waals surface area contributed by atoms with Crippen LogP contribution in [-0.4, -0.2) is 14.3 Å². The van der Waals surface area contributed by atoms with Crippen molar-refractivity contribution in [3.63, 3.8) is 0 Å². The van der Waals surface area contributed by atoms with Gasteiger partial charge in [0, 0.05) is 11.4 Å². The first-order valence-electron chi connectivity index (χ1n) is 7.58. The third-order valence-corrected chi connectivity index (χ3v) is 4.97. The van der Waals surface area contributed by atoms with Crippen LogP contribution in [0.15, 0.2) is 47.2 Å². The van der Waals surface area contributed by atoms with Crippen LogP contribution in [0.4, 0.5) is 0 Å². The van der Waals surface area contributed by atoms with Crippen molar-refractivity contribution in [2.45, 2.75) is 50.8 Å². The van der Waals surface area contributed by atoms with E-state index in [0.717, 1.165) is 19.3 Å². The molecule has 0 aliphatic heterocycles. The van der Waals surface area contributed by atoms with Crippen molar-refractivity contribution in [1.82, 2.24) is 9.71 Å². The topological polar surface area (TPSA) is 61.1 Å². The Balaban J connectivity index is 1.94. The molecule has 120 valence electrons. The maximum absolute atomic E-state index is 12.3. The first-order valence-corrected chi connectivity index (χ1v) is 8.73. The molecule has 2 aromatic rings. The molecule has 22 heavy (non-hydrogen) atoms. The van der Waals surface area contributed by atoms with E-state index in [4.69, 9.17) is 4.42 Å². The summed E-state index contributed by atoms with van der Waals surface area (Å²) in [6.07, 6.45) is 5.98. The number of nitrogens with one attached hydrogen (secondary N) is 1. The third kappa shape index (κ3) is 5.16. The summed E-state index contributed by atoms with van der Waals surface area (Å²) in [7, 11) is 0. The number of oxazole rings is 1. The van der Waals surface area contributed by atoms with Crippen LogP contribution in [-0.2, 0) is 17.8 Å². The fraction of sp³-hybridized carbons (Fsp3) is 0.471.